The molecule has 1 aliphatic rings. The predicted molar refractivity (Wildman–Crippen MR) is 496 cm³/mol. The average molecular weight is 1600 g/mol. The quantitative estimate of drug-likeness (QED) is 0.107. The van der Waals surface area contributed by atoms with Crippen molar-refractivity contribution in [3.63, 3.8) is 0 Å². The van der Waals surface area contributed by atoms with E-state index in [9.17, 15) is 0 Å². The molecule has 14 heteroatoms. The van der Waals surface area contributed by atoms with Gasteiger partial charge in [0.2, 0.25) is 5.28 Å². The smallest absolute Gasteiger partial charge is 0.455 e. The molecule has 1 saturated heterocycles. The summed E-state index contributed by atoms with van der Waals surface area (Å²) in [6, 6.07) is 128. The van der Waals surface area contributed by atoms with Crippen LogP contribution in [0.5, 0.6) is 0 Å². The minimum atomic E-state index is -0.570. The molecule has 16 aromatic carbocycles. The maximum atomic E-state index is 7.22. The molecule has 22 aromatic rings. The van der Waals surface area contributed by atoms with Gasteiger partial charge in [-0.1, -0.05) is 328 Å². The van der Waals surface area contributed by atoms with Gasteiger partial charge in [0, 0.05) is 104 Å². The van der Waals surface area contributed by atoms with E-state index in [1.54, 1.807) is 0 Å². The third-order valence-electron chi connectivity index (χ3n) is 23.4. The Balaban J connectivity index is 0.000000125. The first-order valence-corrected chi connectivity index (χ1v) is 41.1. The maximum Gasteiger partial charge on any atom is 0.495 e. The van der Waals surface area contributed by atoms with Gasteiger partial charge < -0.3 is 27.0 Å². The molecule has 0 aliphatic carbocycles. The van der Waals surface area contributed by atoms with Crippen molar-refractivity contribution in [1.29, 1.82) is 0 Å². The highest BCUT2D eigenvalue weighted by molar-refractivity contribution is 6.66. The van der Waals surface area contributed by atoms with Crippen LogP contribution in [0.1, 0.15) is 27.7 Å². The lowest BCUT2D eigenvalue weighted by Gasteiger charge is -2.32. The summed E-state index contributed by atoms with van der Waals surface area (Å²) in [7, 11) is -0.570. The molecule has 23 rings (SSSR count). The van der Waals surface area contributed by atoms with Gasteiger partial charge in [-0.25, -0.2) is 19.9 Å². The van der Waals surface area contributed by atoms with Crippen molar-refractivity contribution in [1.82, 2.24) is 29.9 Å². The molecule has 0 saturated carbocycles. The number of aromatic nitrogens is 6. The van der Waals surface area contributed by atoms with Gasteiger partial charge in [-0.05, 0) is 127 Å². The first kappa shape index (κ1) is 74.6. The minimum absolute atomic E-state index is 0.202. The number of para-hydroxylation sites is 4. The molecule has 0 radical (unpaired) electrons. The van der Waals surface area contributed by atoms with Crippen LogP contribution in [0.3, 0.4) is 0 Å². The van der Waals surface area contributed by atoms with Gasteiger partial charge in [-0.3, -0.25) is 0 Å². The molecule has 122 heavy (non-hydrogen) atoms. The Hall–Kier alpha value is -15.0. The number of nitrogens with zero attached hydrogens (tertiary/aromatic N) is 6. The van der Waals surface area contributed by atoms with E-state index in [4.69, 9.17) is 53.5 Å². The fraction of sp³-hybridized carbons (Fsp3) is 0.0556. The number of rotatable bonds is 12. The van der Waals surface area contributed by atoms with Gasteiger partial charge in [0.05, 0.1) is 11.2 Å². The number of hydrogen-bond acceptors (Lipinski definition) is 12. The van der Waals surface area contributed by atoms with E-state index in [0.717, 1.165) is 188 Å². The Kier molecular flexibility index (Phi) is 19.0. The summed E-state index contributed by atoms with van der Waals surface area (Å²) >= 11 is 5.99. The van der Waals surface area contributed by atoms with Crippen LogP contribution >= 0.6 is 11.6 Å². The SMILES string of the molecule is CC1(C)OB(c2ccc(-c3cccc4c3oc3ccccc34)c3oc4c(-c5ccccc5)cc(-c5ccccc5)cc4c23)OC1(C)C.Clc1nc(-c2ccccc2)nc(-c2ccccc2)n1.c1ccc(-c2cc(-c3ccccc3)c3oc4c(-c5cccc6c5oc5ccccc56)ccc(-c5nc(-c6ccccc6)nc(-c6ccccc6)n5)c4c3c2)cc1. The first-order chi connectivity index (χ1) is 59.9. The summed E-state index contributed by atoms with van der Waals surface area (Å²) in [6.45, 7) is 8.37. The van der Waals surface area contributed by atoms with Crippen molar-refractivity contribution >= 4 is 112 Å². The first-order valence-electron chi connectivity index (χ1n) is 40.7. The highest BCUT2D eigenvalue weighted by atomic mass is 35.5. The van der Waals surface area contributed by atoms with E-state index < -0.39 is 18.3 Å². The standard InChI is InChI=1S/C51H31N3O2.C42H33BO4.C15H10ClN3/c1-5-16-32(17-6-1)36-30-42(33-18-7-2-8-19-33)47-43(31-36)45-41(51-53-49(34-20-9-3-10-21-34)52-50(54-51)35-22-11-4-12-23-35)29-28-40(48(45)56-47)39-26-15-25-38-37-24-13-14-27-44(37)55-46(38)39;1-41(2)42(3,4)47-43(46-41)35-23-22-32(31-20-13-19-30-29-18-11-12-21-36(29)44-38(30)31)40-37(35)34-25-28(26-14-7-5-8-15-26)24-33(39(34)45-40)27-16-9-6-10-17-27;16-15-18-13(11-7-3-1-4-8-11)17-14(19-15)12-9-5-2-6-10-12/h1-31H;5-25H,1-4H3;1-10H. The second-order valence-electron chi connectivity index (χ2n) is 31.4. The molecular weight excluding hydrogens is 1520 g/mol. The van der Waals surface area contributed by atoms with E-state index in [1.807, 2.05) is 170 Å². The van der Waals surface area contributed by atoms with Crippen molar-refractivity contribution in [2.24, 2.45) is 0 Å². The fourth-order valence-corrected chi connectivity index (χ4v) is 16.8. The van der Waals surface area contributed by atoms with E-state index in [-0.39, 0.29) is 5.28 Å². The van der Waals surface area contributed by atoms with Gasteiger partial charge in [0.1, 0.15) is 44.7 Å². The number of furan rings is 4. The van der Waals surface area contributed by atoms with Crippen LogP contribution in [0, 0.1) is 0 Å². The second kappa shape index (κ2) is 31.1. The van der Waals surface area contributed by atoms with Crippen LogP contribution in [-0.4, -0.2) is 48.2 Å². The maximum absolute atomic E-state index is 7.22. The second-order valence-corrected chi connectivity index (χ2v) is 31.7. The number of halogens is 1. The molecule has 582 valence electrons. The summed E-state index contributed by atoms with van der Waals surface area (Å²) in [5.41, 5.74) is 23.4. The summed E-state index contributed by atoms with van der Waals surface area (Å²) in [4.78, 5) is 28.2. The topological polar surface area (TPSA) is 148 Å². The molecule has 0 N–H and O–H groups in total. The third kappa shape index (κ3) is 13.7. The van der Waals surface area contributed by atoms with Crippen molar-refractivity contribution in [2.75, 3.05) is 0 Å². The van der Waals surface area contributed by atoms with Gasteiger partial charge in [-0.2, -0.15) is 9.97 Å². The number of benzene rings is 16. The lowest BCUT2D eigenvalue weighted by Crippen LogP contribution is -2.41. The van der Waals surface area contributed by atoms with Crippen molar-refractivity contribution in [3.8, 4) is 124 Å². The van der Waals surface area contributed by atoms with Gasteiger partial charge in [0.15, 0.2) is 29.1 Å². The Morgan fingerprint density at radius 2 is 0.525 bits per heavy atom. The Morgan fingerprint density at radius 3 is 0.934 bits per heavy atom. The molecule has 0 unspecified atom stereocenters. The van der Waals surface area contributed by atoms with E-state index in [2.05, 4.69) is 249 Å². The van der Waals surface area contributed by atoms with E-state index >= 15 is 0 Å². The molecule has 7 heterocycles. The largest absolute Gasteiger partial charge is 0.495 e. The predicted octanol–water partition coefficient (Wildman–Crippen LogP) is 28.3. The van der Waals surface area contributed by atoms with Crippen molar-refractivity contribution < 1.29 is 27.0 Å². The summed E-state index contributed by atoms with van der Waals surface area (Å²) < 4.78 is 40.8. The fourth-order valence-electron chi connectivity index (χ4n) is 16.7. The van der Waals surface area contributed by atoms with Crippen LogP contribution in [0.4, 0.5) is 0 Å². The Morgan fingerprint density at radius 1 is 0.221 bits per heavy atom. The molecule has 0 spiro atoms. The van der Waals surface area contributed by atoms with Gasteiger partial charge >= 0.3 is 7.12 Å². The van der Waals surface area contributed by atoms with Gasteiger partial charge in [-0.15, -0.1) is 0 Å². The van der Waals surface area contributed by atoms with Gasteiger partial charge in [0.25, 0.3) is 0 Å². The molecule has 0 bridgehead atoms. The Bertz CT molecular complexity index is 7570. The summed E-state index contributed by atoms with van der Waals surface area (Å²) in [6.07, 6.45) is 0. The van der Waals surface area contributed by atoms with Crippen LogP contribution in [0.25, 0.3) is 211 Å². The molecule has 1 aliphatic heterocycles. The lowest BCUT2D eigenvalue weighted by atomic mass is 9.75. The normalized spacial score (nSPS) is 13.0. The zero-order valence-corrected chi connectivity index (χ0v) is 67.6. The van der Waals surface area contributed by atoms with E-state index in [1.165, 1.54) is 0 Å². The summed E-state index contributed by atoms with van der Waals surface area (Å²) in [5, 5.41) is 8.40. The average Bonchev–Trinajstić information content (AvgIpc) is 1.56. The third-order valence-corrected chi connectivity index (χ3v) is 23.5. The zero-order chi connectivity index (χ0) is 82.0. The highest BCUT2D eigenvalue weighted by Crippen LogP contribution is 2.50. The monoisotopic (exact) mass is 1600 g/mol. The van der Waals surface area contributed by atoms with Crippen molar-refractivity contribution in [2.45, 2.75) is 38.9 Å². The molecule has 0 amide bonds. The lowest BCUT2D eigenvalue weighted by molar-refractivity contribution is 0.00578. The zero-order valence-electron chi connectivity index (χ0n) is 66.9. The van der Waals surface area contributed by atoms with E-state index in [0.29, 0.717) is 29.1 Å². The molecule has 1 fully saturated rings. The molecule has 0 atom stereocenters. The summed E-state index contributed by atoms with van der Waals surface area (Å²) in [5.74, 6) is 2.92. The van der Waals surface area contributed by atoms with Crippen LogP contribution in [0.2, 0.25) is 5.28 Å². The molecule has 12 nitrogen and oxygen atoms in total. The van der Waals surface area contributed by atoms with Crippen LogP contribution in [0.15, 0.2) is 394 Å². The van der Waals surface area contributed by atoms with Crippen molar-refractivity contribution in [3.05, 3.63) is 381 Å². The Labute approximate surface area is 708 Å². The molecule has 6 aromatic heterocycles. The van der Waals surface area contributed by atoms with Crippen LogP contribution in [-0.2, 0) is 9.31 Å². The highest BCUT2D eigenvalue weighted by Gasteiger charge is 2.52. The minimum Gasteiger partial charge on any atom is -0.455 e. The number of fused-ring (bicyclic) bond motifs is 12. The number of hydrogen-bond donors (Lipinski definition) is 0. The van der Waals surface area contributed by atoms with Crippen LogP contribution < -0.4 is 5.46 Å². The molecular formula is C108H74BClN6O6.